The predicted molar refractivity (Wildman–Crippen MR) is 132 cm³/mol. The Bertz CT molecular complexity index is 1170. The first-order chi connectivity index (χ1) is 16.9. The number of ether oxygens (including phenoxy) is 1. The highest BCUT2D eigenvalue weighted by Gasteiger charge is 2.29. The van der Waals surface area contributed by atoms with E-state index >= 15 is 0 Å². The lowest BCUT2D eigenvalue weighted by molar-refractivity contribution is -0.125. The second-order valence-corrected chi connectivity index (χ2v) is 9.10. The Morgan fingerprint density at radius 1 is 1.20 bits per heavy atom. The molecule has 9 heteroatoms. The summed E-state index contributed by atoms with van der Waals surface area (Å²) in [6, 6.07) is 14.6. The van der Waals surface area contributed by atoms with Crippen LogP contribution in [0.2, 0.25) is 5.02 Å². The molecule has 2 unspecified atom stereocenters. The van der Waals surface area contributed by atoms with Crippen LogP contribution < -0.4 is 20.7 Å². The van der Waals surface area contributed by atoms with Crippen LogP contribution in [-0.2, 0) is 22.7 Å². The van der Waals surface area contributed by atoms with E-state index in [9.17, 15) is 9.59 Å². The third-order valence-electron chi connectivity index (χ3n) is 5.68. The van der Waals surface area contributed by atoms with E-state index in [-0.39, 0.29) is 30.2 Å². The molecular formula is C26H28ClN5O3. The molecule has 1 aliphatic heterocycles. The van der Waals surface area contributed by atoms with Crippen LogP contribution in [0, 0.1) is 5.92 Å². The first-order valence-corrected chi connectivity index (χ1v) is 11.9. The lowest BCUT2D eigenvalue weighted by atomic mass is 9.99. The monoisotopic (exact) mass is 493 g/mol. The summed E-state index contributed by atoms with van der Waals surface area (Å²) in [5, 5.41) is 9.84. The molecule has 3 aromatic rings. The Hall–Kier alpha value is -3.49. The molecule has 2 aromatic heterocycles. The number of nitrogens with zero attached hydrogens (tertiary/aromatic N) is 2. The molecule has 0 saturated carbocycles. The average molecular weight is 494 g/mol. The lowest BCUT2D eigenvalue weighted by Gasteiger charge is -2.32. The third kappa shape index (κ3) is 6.55. The molecular weight excluding hydrogens is 466 g/mol. The van der Waals surface area contributed by atoms with Crippen LogP contribution >= 0.6 is 11.6 Å². The van der Waals surface area contributed by atoms with Crippen molar-refractivity contribution in [2.24, 2.45) is 5.92 Å². The van der Waals surface area contributed by atoms with Gasteiger partial charge >= 0.3 is 0 Å². The van der Waals surface area contributed by atoms with E-state index in [0.29, 0.717) is 24.1 Å². The Kier molecular flexibility index (Phi) is 7.94. The number of carbonyl (C=O) groups is 2. The molecule has 3 heterocycles. The topological polar surface area (TPSA) is 105 Å². The van der Waals surface area contributed by atoms with Crippen LogP contribution in [0.1, 0.15) is 54.9 Å². The van der Waals surface area contributed by atoms with E-state index in [0.717, 1.165) is 22.4 Å². The van der Waals surface area contributed by atoms with Crippen LogP contribution in [0.15, 0.2) is 60.9 Å². The second kappa shape index (κ2) is 11.3. The third-order valence-corrected chi connectivity index (χ3v) is 6.03. The number of rotatable bonds is 8. The van der Waals surface area contributed by atoms with Gasteiger partial charge in [0.2, 0.25) is 17.7 Å². The van der Waals surface area contributed by atoms with Crippen molar-refractivity contribution < 1.29 is 14.3 Å². The Morgan fingerprint density at radius 3 is 2.77 bits per heavy atom. The van der Waals surface area contributed by atoms with Crippen molar-refractivity contribution in [1.29, 1.82) is 0 Å². The van der Waals surface area contributed by atoms with Crippen molar-refractivity contribution in [1.82, 2.24) is 25.9 Å². The van der Waals surface area contributed by atoms with Gasteiger partial charge in [-0.3, -0.25) is 19.9 Å². The number of nitrogens with one attached hydrogen (secondary N) is 3. The van der Waals surface area contributed by atoms with Gasteiger partial charge in [-0.15, -0.1) is 0 Å². The summed E-state index contributed by atoms with van der Waals surface area (Å²) in [7, 11) is 0. The van der Waals surface area contributed by atoms with E-state index in [1.54, 1.807) is 24.5 Å². The zero-order chi connectivity index (χ0) is 24.8. The summed E-state index contributed by atoms with van der Waals surface area (Å²) in [6.45, 7) is 4.40. The zero-order valence-electron chi connectivity index (χ0n) is 19.6. The van der Waals surface area contributed by atoms with Gasteiger partial charge in [0.25, 0.3) is 0 Å². The minimum Gasteiger partial charge on any atom is -0.471 e. The van der Waals surface area contributed by atoms with E-state index in [1.807, 2.05) is 50.2 Å². The second-order valence-electron chi connectivity index (χ2n) is 8.69. The van der Waals surface area contributed by atoms with Crippen molar-refractivity contribution in [3.8, 4) is 5.88 Å². The van der Waals surface area contributed by atoms with Gasteiger partial charge in [-0.2, -0.15) is 0 Å². The Labute approximate surface area is 209 Å². The molecule has 2 atom stereocenters. The summed E-state index contributed by atoms with van der Waals surface area (Å²) in [5.74, 6) is 0.270. The number of hydrogen-bond acceptors (Lipinski definition) is 6. The number of pyridine rings is 2. The van der Waals surface area contributed by atoms with Crippen LogP contribution in [0.4, 0.5) is 0 Å². The number of halogens is 1. The normalized spacial score (nSPS) is 17.7. The number of amides is 2. The number of aromatic nitrogens is 2. The van der Waals surface area contributed by atoms with E-state index < -0.39 is 6.17 Å². The number of hydrogen-bond donors (Lipinski definition) is 3. The van der Waals surface area contributed by atoms with Crippen LogP contribution in [0.3, 0.4) is 0 Å². The van der Waals surface area contributed by atoms with Crippen molar-refractivity contribution >= 4 is 23.4 Å². The van der Waals surface area contributed by atoms with Crippen molar-refractivity contribution in [3.05, 3.63) is 88.3 Å². The molecule has 0 bridgehead atoms. The van der Waals surface area contributed by atoms with Gasteiger partial charge in [-0.1, -0.05) is 43.6 Å². The minimum absolute atomic E-state index is 0.0226. The smallest absolute Gasteiger partial charge is 0.223 e. The molecule has 1 aliphatic rings. The van der Waals surface area contributed by atoms with Gasteiger partial charge in [0.05, 0.1) is 5.69 Å². The minimum atomic E-state index is -0.477. The van der Waals surface area contributed by atoms with Gasteiger partial charge in [-0.25, -0.2) is 4.98 Å². The number of benzene rings is 1. The highest BCUT2D eigenvalue weighted by atomic mass is 35.5. The standard InChI is InChI=1S/C26H28ClN5O3/c1-16(2)26(34)30-13-17-6-8-21(27)20(11-17)25-31-22(12-23(33)32-25)18-7-9-24(29-14-18)35-15-19-5-3-4-10-28-19/h3-11,14,16,22,25,31H,12-13,15H2,1-2H3,(H,30,34)(H,32,33). The van der Waals surface area contributed by atoms with Gasteiger partial charge < -0.3 is 15.4 Å². The summed E-state index contributed by atoms with van der Waals surface area (Å²) in [5.41, 5.74) is 3.32. The fourth-order valence-electron chi connectivity index (χ4n) is 3.72. The average Bonchev–Trinajstić information content (AvgIpc) is 2.87. The Morgan fingerprint density at radius 2 is 2.06 bits per heavy atom. The summed E-state index contributed by atoms with van der Waals surface area (Å²) in [4.78, 5) is 33.1. The fourth-order valence-corrected chi connectivity index (χ4v) is 3.95. The highest BCUT2D eigenvalue weighted by Crippen LogP contribution is 2.30. The zero-order valence-corrected chi connectivity index (χ0v) is 20.4. The molecule has 1 saturated heterocycles. The maximum absolute atomic E-state index is 12.5. The highest BCUT2D eigenvalue weighted by molar-refractivity contribution is 6.31. The summed E-state index contributed by atoms with van der Waals surface area (Å²) < 4.78 is 5.71. The van der Waals surface area contributed by atoms with Crippen molar-refractivity contribution in [3.63, 3.8) is 0 Å². The molecule has 0 spiro atoms. The van der Waals surface area contributed by atoms with E-state index in [4.69, 9.17) is 16.3 Å². The molecule has 35 heavy (non-hydrogen) atoms. The van der Waals surface area contributed by atoms with Gasteiger partial charge in [0, 0.05) is 54.0 Å². The van der Waals surface area contributed by atoms with Gasteiger partial charge in [0.15, 0.2) is 0 Å². The van der Waals surface area contributed by atoms with Gasteiger partial charge in [0.1, 0.15) is 12.8 Å². The van der Waals surface area contributed by atoms with Crippen molar-refractivity contribution in [2.75, 3.05) is 0 Å². The molecule has 4 rings (SSSR count). The molecule has 3 N–H and O–H groups in total. The maximum atomic E-state index is 12.5. The lowest BCUT2D eigenvalue weighted by Crippen LogP contribution is -2.46. The summed E-state index contributed by atoms with van der Waals surface area (Å²) >= 11 is 6.48. The molecule has 1 aromatic carbocycles. The predicted octanol–water partition coefficient (Wildman–Crippen LogP) is 3.83. The van der Waals surface area contributed by atoms with E-state index in [2.05, 4.69) is 25.9 Å². The maximum Gasteiger partial charge on any atom is 0.223 e. The van der Waals surface area contributed by atoms with Gasteiger partial charge in [-0.05, 0) is 35.4 Å². The number of carbonyl (C=O) groups excluding carboxylic acids is 2. The largest absolute Gasteiger partial charge is 0.471 e. The first kappa shape index (κ1) is 24.6. The van der Waals surface area contributed by atoms with Crippen LogP contribution in [-0.4, -0.2) is 21.8 Å². The molecule has 182 valence electrons. The van der Waals surface area contributed by atoms with Crippen LogP contribution in [0.5, 0.6) is 5.88 Å². The quantitative estimate of drug-likeness (QED) is 0.440. The molecule has 2 amide bonds. The molecule has 8 nitrogen and oxygen atoms in total. The van der Waals surface area contributed by atoms with Crippen molar-refractivity contribution in [2.45, 2.75) is 45.6 Å². The molecule has 0 radical (unpaired) electrons. The Balaban J connectivity index is 1.43. The van der Waals surface area contributed by atoms with Crippen LogP contribution in [0.25, 0.3) is 0 Å². The molecule has 1 fully saturated rings. The SMILES string of the molecule is CC(C)C(=O)NCc1ccc(Cl)c(C2NC(=O)CC(c3ccc(OCc4ccccn4)nc3)N2)c1. The fraction of sp³-hybridized carbons (Fsp3) is 0.308. The molecule has 0 aliphatic carbocycles. The van der Waals surface area contributed by atoms with E-state index in [1.165, 1.54) is 0 Å². The summed E-state index contributed by atoms with van der Waals surface area (Å²) in [6.07, 6.45) is 3.22. The first-order valence-electron chi connectivity index (χ1n) is 11.5.